The minimum absolute atomic E-state index is 0.0403. The molecule has 0 aromatic carbocycles. The molecule has 1 aliphatic carbocycles. The van der Waals surface area contributed by atoms with Gasteiger partial charge in [0, 0.05) is 12.7 Å². The number of aromatic nitrogens is 3. The smallest absolute Gasteiger partial charge is 0.242 e. The number of aryl methyl sites for hydroxylation is 1. The third kappa shape index (κ3) is 3.64. The van der Waals surface area contributed by atoms with Gasteiger partial charge in [0.15, 0.2) is 0 Å². The minimum atomic E-state index is -3.32. The molecule has 7 nitrogen and oxygen atoms in total. The van der Waals surface area contributed by atoms with Gasteiger partial charge in [0.05, 0.1) is 17.5 Å². The molecule has 1 saturated carbocycles. The molecular weight excluding hydrogens is 316 g/mol. The predicted molar refractivity (Wildman–Crippen MR) is 86.0 cm³/mol. The molecule has 0 unspecified atom stereocenters. The van der Waals surface area contributed by atoms with Gasteiger partial charge in [-0.15, -0.1) is 0 Å². The molecule has 0 radical (unpaired) electrons. The summed E-state index contributed by atoms with van der Waals surface area (Å²) in [6.45, 7) is 2.88. The van der Waals surface area contributed by atoms with Crippen LogP contribution in [0.2, 0.25) is 0 Å². The molecule has 2 heterocycles. The van der Waals surface area contributed by atoms with Crippen molar-refractivity contribution >= 4 is 10.0 Å². The van der Waals surface area contributed by atoms with Crippen molar-refractivity contribution in [3.05, 3.63) is 24.2 Å². The maximum atomic E-state index is 12.3. The zero-order valence-electron chi connectivity index (χ0n) is 13.2. The summed E-state index contributed by atoms with van der Waals surface area (Å²) < 4.78 is 34.4. The lowest BCUT2D eigenvalue weighted by atomic mass is 10.0. The molecule has 0 amide bonds. The third-order valence-corrected chi connectivity index (χ3v) is 6.18. The number of rotatable bonds is 6. The van der Waals surface area contributed by atoms with Gasteiger partial charge in [-0.05, 0) is 31.9 Å². The van der Waals surface area contributed by atoms with Crippen LogP contribution in [-0.4, -0.2) is 28.4 Å². The number of hydrogen-bond acceptors (Lipinski definition) is 5. The minimum Gasteiger partial charge on any atom is -0.345 e. The number of nitrogens with zero attached hydrogens (tertiary/aromatic N) is 3. The topological polar surface area (TPSA) is 90.0 Å². The highest BCUT2D eigenvalue weighted by Gasteiger charge is 2.27. The van der Waals surface area contributed by atoms with Gasteiger partial charge >= 0.3 is 0 Å². The van der Waals surface area contributed by atoms with E-state index < -0.39 is 10.0 Å². The zero-order valence-corrected chi connectivity index (χ0v) is 14.1. The van der Waals surface area contributed by atoms with E-state index in [4.69, 9.17) is 4.52 Å². The SMILES string of the molecule is CCn1cccc1-c1noc(CNS(=O)(=O)C2CCCCC2)n1. The molecule has 3 rings (SSSR count). The van der Waals surface area contributed by atoms with E-state index in [1.807, 2.05) is 29.8 Å². The molecular formula is C15H22N4O3S. The van der Waals surface area contributed by atoms with Crippen LogP contribution in [0.15, 0.2) is 22.9 Å². The van der Waals surface area contributed by atoms with E-state index in [0.29, 0.717) is 5.82 Å². The first-order chi connectivity index (χ1) is 11.1. The summed E-state index contributed by atoms with van der Waals surface area (Å²) in [5.74, 6) is 0.756. The number of hydrogen-bond donors (Lipinski definition) is 1. The molecule has 1 aliphatic rings. The van der Waals surface area contributed by atoms with Gasteiger partial charge in [0.1, 0.15) is 0 Å². The van der Waals surface area contributed by atoms with Crippen molar-refractivity contribution in [1.29, 1.82) is 0 Å². The Balaban J connectivity index is 1.65. The van der Waals surface area contributed by atoms with Crippen LogP contribution in [0.4, 0.5) is 0 Å². The first kappa shape index (κ1) is 16.2. The van der Waals surface area contributed by atoms with Gasteiger partial charge in [0.25, 0.3) is 0 Å². The predicted octanol–water partition coefficient (Wildman–Crippen LogP) is 2.31. The summed E-state index contributed by atoms with van der Waals surface area (Å²) in [5.41, 5.74) is 0.859. The molecule has 8 heteroatoms. The van der Waals surface area contributed by atoms with Gasteiger partial charge in [-0.2, -0.15) is 4.98 Å². The number of nitrogens with one attached hydrogen (secondary N) is 1. The van der Waals surface area contributed by atoms with Gasteiger partial charge in [-0.3, -0.25) is 0 Å². The molecule has 2 aromatic rings. The van der Waals surface area contributed by atoms with Crippen molar-refractivity contribution < 1.29 is 12.9 Å². The molecule has 0 atom stereocenters. The molecule has 1 N–H and O–H groups in total. The lowest BCUT2D eigenvalue weighted by Crippen LogP contribution is -2.35. The largest absolute Gasteiger partial charge is 0.345 e. The lowest BCUT2D eigenvalue weighted by molar-refractivity contribution is 0.374. The van der Waals surface area contributed by atoms with Crippen LogP contribution in [-0.2, 0) is 23.1 Å². The zero-order chi connectivity index (χ0) is 16.3. The van der Waals surface area contributed by atoms with Crippen LogP contribution in [0, 0.1) is 0 Å². The molecule has 2 aromatic heterocycles. The Morgan fingerprint density at radius 1 is 1.35 bits per heavy atom. The normalized spacial score (nSPS) is 16.7. The van der Waals surface area contributed by atoms with Crippen LogP contribution < -0.4 is 4.72 Å². The maximum absolute atomic E-state index is 12.3. The summed E-state index contributed by atoms with van der Waals surface area (Å²) in [7, 11) is -3.32. The van der Waals surface area contributed by atoms with E-state index in [-0.39, 0.29) is 17.7 Å². The van der Waals surface area contributed by atoms with Gasteiger partial charge < -0.3 is 9.09 Å². The molecule has 0 saturated heterocycles. The third-order valence-electron chi connectivity index (χ3n) is 4.28. The second-order valence-electron chi connectivity index (χ2n) is 5.82. The highest BCUT2D eigenvalue weighted by atomic mass is 32.2. The average Bonchev–Trinajstić information content (AvgIpc) is 3.22. The van der Waals surface area contributed by atoms with Crippen LogP contribution in [0.1, 0.15) is 44.9 Å². The Bertz CT molecular complexity index is 744. The Kier molecular flexibility index (Phi) is 4.82. The monoisotopic (exact) mass is 338 g/mol. The van der Waals surface area contributed by atoms with Crippen molar-refractivity contribution in [2.24, 2.45) is 0 Å². The molecule has 23 heavy (non-hydrogen) atoms. The van der Waals surface area contributed by atoms with Gasteiger partial charge in [-0.1, -0.05) is 24.4 Å². The maximum Gasteiger partial charge on any atom is 0.242 e. The lowest BCUT2D eigenvalue weighted by Gasteiger charge is -2.21. The fraction of sp³-hybridized carbons (Fsp3) is 0.600. The average molecular weight is 338 g/mol. The standard InChI is InChI=1S/C15H22N4O3S/c1-2-19-10-6-9-13(19)15-17-14(22-18-15)11-16-23(20,21)12-7-4-3-5-8-12/h6,9-10,12,16H,2-5,7-8,11H2,1H3. The van der Waals surface area contributed by atoms with Gasteiger partial charge in [0.2, 0.25) is 21.7 Å². The summed E-state index contributed by atoms with van der Waals surface area (Å²) in [5, 5.41) is 3.64. The van der Waals surface area contributed by atoms with E-state index in [9.17, 15) is 8.42 Å². The highest BCUT2D eigenvalue weighted by Crippen LogP contribution is 2.23. The van der Waals surface area contributed by atoms with Crippen molar-refractivity contribution in [3.8, 4) is 11.5 Å². The highest BCUT2D eigenvalue weighted by molar-refractivity contribution is 7.90. The first-order valence-corrected chi connectivity index (χ1v) is 9.61. The van der Waals surface area contributed by atoms with Crippen LogP contribution in [0.3, 0.4) is 0 Å². The molecule has 0 spiro atoms. The fourth-order valence-corrected chi connectivity index (χ4v) is 4.49. The summed E-state index contributed by atoms with van der Waals surface area (Å²) >= 11 is 0. The molecule has 126 valence electrons. The second kappa shape index (κ2) is 6.84. The van der Waals surface area contributed by atoms with E-state index >= 15 is 0 Å². The van der Waals surface area contributed by atoms with Crippen LogP contribution in [0.5, 0.6) is 0 Å². The van der Waals surface area contributed by atoms with E-state index in [1.54, 1.807) is 0 Å². The van der Waals surface area contributed by atoms with Crippen molar-refractivity contribution in [3.63, 3.8) is 0 Å². The molecule has 1 fully saturated rings. The van der Waals surface area contributed by atoms with E-state index in [2.05, 4.69) is 14.9 Å². The van der Waals surface area contributed by atoms with Crippen LogP contribution >= 0.6 is 0 Å². The summed E-state index contributed by atoms with van der Waals surface area (Å²) in [6, 6.07) is 3.82. The quantitative estimate of drug-likeness (QED) is 0.873. The number of sulfonamides is 1. The Morgan fingerprint density at radius 3 is 2.87 bits per heavy atom. The Hall–Kier alpha value is -1.67. The summed E-state index contributed by atoms with van der Waals surface area (Å²) in [6.07, 6.45) is 6.48. The van der Waals surface area contributed by atoms with E-state index in [1.165, 1.54) is 0 Å². The molecule has 0 aliphatic heterocycles. The van der Waals surface area contributed by atoms with Crippen molar-refractivity contribution in [1.82, 2.24) is 19.4 Å². The Morgan fingerprint density at radius 2 is 2.13 bits per heavy atom. The Labute approximate surface area is 136 Å². The fourth-order valence-electron chi connectivity index (χ4n) is 2.98. The summed E-state index contributed by atoms with van der Waals surface area (Å²) in [4.78, 5) is 4.28. The second-order valence-corrected chi connectivity index (χ2v) is 7.86. The van der Waals surface area contributed by atoms with Crippen LogP contribution in [0.25, 0.3) is 11.5 Å². The molecule has 0 bridgehead atoms. The van der Waals surface area contributed by atoms with Crippen molar-refractivity contribution in [2.75, 3.05) is 0 Å². The van der Waals surface area contributed by atoms with E-state index in [0.717, 1.165) is 44.3 Å². The first-order valence-electron chi connectivity index (χ1n) is 8.06. The van der Waals surface area contributed by atoms with Crippen molar-refractivity contribution in [2.45, 2.75) is 57.4 Å². The van der Waals surface area contributed by atoms with Gasteiger partial charge in [-0.25, -0.2) is 13.1 Å².